The summed E-state index contributed by atoms with van der Waals surface area (Å²) in [5.74, 6) is 0.512. The Balaban J connectivity index is 2.08. The molecule has 1 unspecified atom stereocenters. The third kappa shape index (κ3) is 5.25. The minimum atomic E-state index is -0.664. The van der Waals surface area contributed by atoms with Crippen LogP contribution in [0.3, 0.4) is 0 Å². The number of halogens is 1. The number of amides is 2. The number of hydrogen-bond acceptors (Lipinski definition) is 4. The molecule has 1 aromatic heterocycles. The third-order valence-electron chi connectivity index (χ3n) is 3.27. The number of nitrogens with one attached hydrogen (secondary N) is 2. The largest absolute Gasteiger partial charge is 0.340 e. The van der Waals surface area contributed by atoms with Gasteiger partial charge in [0.05, 0.1) is 10.6 Å². The summed E-state index contributed by atoms with van der Waals surface area (Å²) in [5, 5.41) is 5.82. The summed E-state index contributed by atoms with van der Waals surface area (Å²) in [6.45, 7) is 0. The molecule has 0 aliphatic carbocycles. The number of carbonyl (C=O) groups is 2. The zero-order valence-electron chi connectivity index (χ0n) is 13.2. The molecule has 5 nitrogen and oxygen atoms in total. The number of aromatic nitrogens is 1. The molecule has 7 heteroatoms. The summed E-state index contributed by atoms with van der Waals surface area (Å²) >= 11 is 7.65. The van der Waals surface area contributed by atoms with Crippen LogP contribution in [-0.4, -0.2) is 34.8 Å². The van der Waals surface area contributed by atoms with Crippen molar-refractivity contribution in [2.75, 3.05) is 17.3 Å². The number of rotatable bonds is 7. The van der Waals surface area contributed by atoms with E-state index in [1.54, 1.807) is 60.4 Å². The monoisotopic (exact) mass is 363 g/mol. The number of benzene rings is 1. The first-order valence-corrected chi connectivity index (χ1v) is 9.15. The molecule has 1 heterocycles. The summed E-state index contributed by atoms with van der Waals surface area (Å²) in [5.41, 5.74) is 0.346. The molecule has 2 amide bonds. The minimum absolute atomic E-state index is 0.303. The fraction of sp³-hybridized carbons (Fsp3) is 0.235. The molecule has 0 radical (unpaired) electrons. The quantitative estimate of drug-likeness (QED) is 0.792. The van der Waals surface area contributed by atoms with Crippen LogP contribution in [0.5, 0.6) is 0 Å². The topological polar surface area (TPSA) is 71.1 Å². The van der Waals surface area contributed by atoms with E-state index in [-0.39, 0.29) is 11.8 Å². The summed E-state index contributed by atoms with van der Waals surface area (Å²) in [7, 11) is 0. The second-order valence-corrected chi connectivity index (χ2v) is 6.38. The van der Waals surface area contributed by atoms with Gasteiger partial charge in [0.25, 0.3) is 5.91 Å². The maximum absolute atomic E-state index is 12.5. The van der Waals surface area contributed by atoms with Crippen molar-refractivity contribution in [2.45, 2.75) is 12.5 Å². The molecule has 0 saturated heterocycles. The molecular weight excluding hydrogens is 346 g/mol. The number of pyridine rings is 1. The lowest BCUT2D eigenvalue weighted by molar-refractivity contribution is -0.118. The molecule has 2 aromatic rings. The number of anilines is 1. The number of nitrogens with zero attached hydrogens (tertiary/aromatic N) is 1. The van der Waals surface area contributed by atoms with Gasteiger partial charge in [-0.1, -0.05) is 29.8 Å². The average Bonchev–Trinajstić information content (AvgIpc) is 2.59. The average molecular weight is 364 g/mol. The van der Waals surface area contributed by atoms with Crippen molar-refractivity contribution in [3.8, 4) is 0 Å². The van der Waals surface area contributed by atoms with Crippen molar-refractivity contribution in [1.29, 1.82) is 0 Å². The lowest BCUT2D eigenvalue weighted by Crippen LogP contribution is -2.44. The summed E-state index contributed by atoms with van der Waals surface area (Å²) < 4.78 is 0. The van der Waals surface area contributed by atoms with E-state index in [1.165, 1.54) is 0 Å². The fourth-order valence-electron chi connectivity index (χ4n) is 2.04. The van der Waals surface area contributed by atoms with Crippen molar-refractivity contribution >= 4 is 41.0 Å². The second kappa shape index (κ2) is 9.30. The molecule has 24 heavy (non-hydrogen) atoms. The Morgan fingerprint density at radius 3 is 2.62 bits per heavy atom. The van der Waals surface area contributed by atoms with Crippen molar-refractivity contribution < 1.29 is 9.59 Å². The van der Waals surface area contributed by atoms with Crippen LogP contribution in [0.1, 0.15) is 16.8 Å². The maximum atomic E-state index is 12.5. The Morgan fingerprint density at radius 2 is 1.96 bits per heavy atom. The Labute approximate surface area is 150 Å². The second-order valence-electron chi connectivity index (χ2n) is 4.99. The smallest absolute Gasteiger partial charge is 0.253 e. The first-order valence-electron chi connectivity index (χ1n) is 7.38. The number of carbonyl (C=O) groups excluding carboxylic acids is 2. The van der Waals surface area contributed by atoms with E-state index in [0.717, 1.165) is 5.75 Å². The molecule has 0 fully saturated rings. The van der Waals surface area contributed by atoms with E-state index in [1.807, 2.05) is 6.26 Å². The molecule has 2 N–H and O–H groups in total. The Hall–Kier alpha value is -2.05. The predicted octanol–water partition coefficient (Wildman–Crippen LogP) is 3.23. The fourth-order valence-corrected chi connectivity index (χ4v) is 2.73. The van der Waals surface area contributed by atoms with Crippen LogP contribution in [0.15, 0.2) is 48.7 Å². The van der Waals surface area contributed by atoms with Crippen molar-refractivity contribution in [3.63, 3.8) is 0 Å². The van der Waals surface area contributed by atoms with Gasteiger partial charge in [0.2, 0.25) is 5.91 Å². The van der Waals surface area contributed by atoms with Crippen LogP contribution >= 0.6 is 23.4 Å². The van der Waals surface area contributed by atoms with E-state index in [2.05, 4.69) is 15.6 Å². The first kappa shape index (κ1) is 18.3. The van der Waals surface area contributed by atoms with Gasteiger partial charge in [0.15, 0.2) is 0 Å². The van der Waals surface area contributed by atoms with Crippen LogP contribution in [0.25, 0.3) is 0 Å². The zero-order valence-corrected chi connectivity index (χ0v) is 14.7. The first-order chi connectivity index (χ1) is 11.6. The highest BCUT2D eigenvalue weighted by atomic mass is 35.5. The lowest BCUT2D eigenvalue weighted by atomic mass is 10.1. The molecule has 126 valence electrons. The predicted molar refractivity (Wildman–Crippen MR) is 98.6 cm³/mol. The molecule has 0 aliphatic rings. The minimum Gasteiger partial charge on any atom is -0.340 e. The molecule has 2 rings (SSSR count). The van der Waals surface area contributed by atoms with Gasteiger partial charge in [-0.15, -0.1) is 0 Å². The van der Waals surface area contributed by atoms with Gasteiger partial charge in [0, 0.05) is 6.20 Å². The van der Waals surface area contributed by atoms with Crippen LogP contribution in [0.4, 0.5) is 5.82 Å². The van der Waals surface area contributed by atoms with E-state index in [0.29, 0.717) is 22.8 Å². The lowest BCUT2D eigenvalue weighted by Gasteiger charge is -2.18. The molecule has 0 saturated carbocycles. The normalized spacial score (nSPS) is 11.6. The molecular formula is C17H18ClN3O2S. The van der Waals surface area contributed by atoms with Crippen molar-refractivity contribution in [1.82, 2.24) is 10.3 Å². The van der Waals surface area contributed by atoms with E-state index in [4.69, 9.17) is 11.6 Å². The number of thioether (sulfide) groups is 1. The Kier molecular flexibility index (Phi) is 7.08. The van der Waals surface area contributed by atoms with E-state index < -0.39 is 6.04 Å². The van der Waals surface area contributed by atoms with Gasteiger partial charge in [-0.25, -0.2) is 4.98 Å². The van der Waals surface area contributed by atoms with Crippen molar-refractivity contribution in [2.24, 2.45) is 0 Å². The standard InChI is InChI=1S/C17H18ClN3O2S/c1-24-11-9-14(17(23)21-15-8-4-5-10-19-15)20-16(22)12-6-2-3-7-13(12)18/h2-8,10,14H,9,11H2,1H3,(H,20,22)(H,19,21,23). The van der Waals surface area contributed by atoms with E-state index in [9.17, 15) is 9.59 Å². The Bertz CT molecular complexity index is 697. The third-order valence-corrected chi connectivity index (χ3v) is 4.24. The van der Waals surface area contributed by atoms with Crippen molar-refractivity contribution in [3.05, 3.63) is 59.2 Å². The SMILES string of the molecule is CSCCC(NC(=O)c1ccccc1Cl)C(=O)Nc1ccccn1. The van der Waals surface area contributed by atoms with Gasteiger partial charge < -0.3 is 10.6 Å². The Morgan fingerprint density at radius 1 is 1.21 bits per heavy atom. The molecule has 0 bridgehead atoms. The zero-order chi connectivity index (χ0) is 17.4. The highest BCUT2D eigenvalue weighted by Gasteiger charge is 2.22. The van der Waals surface area contributed by atoms with Gasteiger partial charge in [-0.05, 0) is 42.7 Å². The van der Waals surface area contributed by atoms with Gasteiger partial charge in [0.1, 0.15) is 11.9 Å². The summed E-state index contributed by atoms with van der Waals surface area (Å²) in [6.07, 6.45) is 4.05. The molecule has 1 atom stereocenters. The van der Waals surface area contributed by atoms with Crippen LogP contribution in [0, 0.1) is 0 Å². The van der Waals surface area contributed by atoms with Gasteiger partial charge in [-0.3, -0.25) is 9.59 Å². The molecule has 1 aromatic carbocycles. The summed E-state index contributed by atoms with van der Waals surface area (Å²) in [4.78, 5) is 28.9. The van der Waals surface area contributed by atoms with Crippen LogP contribution < -0.4 is 10.6 Å². The van der Waals surface area contributed by atoms with Crippen LogP contribution in [0.2, 0.25) is 5.02 Å². The van der Waals surface area contributed by atoms with Gasteiger partial charge >= 0.3 is 0 Å². The van der Waals surface area contributed by atoms with Gasteiger partial charge in [-0.2, -0.15) is 11.8 Å². The molecule has 0 aliphatic heterocycles. The molecule has 0 spiro atoms. The summed E-state index contributed by atoms with van der Waals surface area (Å²) in [6, 6.07) is 11.3. The number of hydrogen-bond donors (Lipinski definition) is 2. The van der Waals surface area contributed by atoms with Crippen LogP contribution in [-0.2, 0) is 4.79 Å². The maximum Gasteiger partial charge on any atom is 0.253 e. The van der Waals surface area contributed by atoms with E-state index >= 15 is 0 Å². The highest BCUT2D eigenvalue weighted by Crippen LogP contribution is 2.15. The highest BCUT2D eigenvalue weighted by molar-refractivity contribution is 7.98.